The van der Waals surface area contributed by atoms with Gasteiger partial charge in [0.2, 0.25) is 0 Å². The average Bonchev–Trinajstić information content (AvgIpc) is 2.16. The number of hydrogen-bond donors (Lipinski definition) is 0. The van der Waals surface area contributed by atoms with Gasteiger partial charge in [-0.2, -0.15) is 0 Å². The highest BCUT2D eigenvalue weighted by molar-refractivity contribution is 5.69. The first-order valence-electron chi connectivity index (χ1n) is 4.45. The number of esters is 1. The SMILES string of the molecule is COC(=O)CCc1ccc(C)cc1F. The molecule has 0 fully saturated rings. The van der Waals surface area contributed by atoms with Gasteiger partial charge in [0.05, 0.1) is 7.11 Å². The van der Waals surface area contributed by atoms with Crippen LogP contribution >= 0.6 is 0 Å². The maximum absolute atomic E-state index is 13.3. The van der Waals surface area contributed by atoms with Gasteiger partial charge >= 0.3 is 5.97 Å². The van der Waals surface area contributed by atoms with E-state index in [1.165, 1.54) is 13.2 Å². The van der Waals surface area contributed by atoms with Crippen molar-refractivity contribution in [3.63, 3.8) is 0 Å². The molecule has 1 aromatic rings. The number of methoxy groups -OCH3 is 1. The molecule has 0 bridgehead atoms. The molecule has 0 aliphatic heterocycles. The molecule has 0 amide bonds. The van der Waals surface area contributed by atoms with Crippen molar-refractivity contribution in [2.45, 2.75) is 19.8 Å². The Morgan fingerprint density at radius 2 is 2.21 bits per heavy atom. The van der Waals surface area contributed by atoms with Crippen LogP contribution in [-0.4, -0.2) is 13.1 Å². The molecule has 0 saturated heterocycles. The van der Waals surface area contributed by atoms with Gasteiger partial charge in [-0.05, 0) is 30.5 Å². The zero-order valence-electron chi connectivity index (χ0n) is 8.34. The van der Waals surface area contributed by atoms with Crippen LogP contribution in [0, 0.1) is 12.7 Å². The van der Waals surface area contributed by atoms with Crippen molar-refractivity contribution in [3.05, 3.63) is 35.1 Å². The Labute approximate surface area is 82.7 Å². The first-order chi connectivity index (χ1) is 6.63. The number of carbonyl (C=O) groups excluding carboxylic acids is 1. The summed E-state index contributed by atoms with van der Waals surface area (Å²) in [5.41, 5.74) is 1.44. The Hall–Kier alpha value is -1.38. The molecule has 2 nitrogen and oxygen atoms in total. The van der Waals surface area contributed by atoms with E-state index in [-0.39, 0.29) is 18.2 Å². The van der Waals surface area contributed by atoms with Crippen LogP contribution in [-0.2, 0) is 16.0 Å². The average molecular weight is 196 g/mol. The first-order valence-corrected chi connectivity index (χ1v) is 4.45. The molecule has 0 N–H and O–H groups in total. The van der Waals surface area contributed by atoms with Gasteiger partial charge in [0.1, 0.15) is 5.82 Å². The van der Waals surface area contributed by atoms with Crippen LogP contribution in [0.25, 0.3) is 0 Å². The smallest absolute Gasteiger partial charge is 0.305 e. The molecule has 0 aliphatic carbocycles. The third-order valence-corrected chi connectivity index (χ3v) is 2.03. The van der Waals surface area contributed by atoms with Gasteiger partial charge in [-0.1, -0.05) is 12.1 Å². The maximum atomic E-state index is 13.3. The van der Waals surface area contributed by atoms with Gasteiger partial charge < -0.3 is 4.74 Å². The van der Waals surface area contributed by atoms with E-state index in [1.54, 1.807) is 6.07 Å². The molecule has 0 saturated carbocycles. The standard InChI is InChI=1S/C11H13FO2/c1-8-3-4-9(10(12)7-8)5-6-11(13)14-2/h3-4,7H,5-6H2,1-2H3. The van der Waals surface area contributed by atoms with Gasteiger partial charge in [-0.3, -0.25) is 4.79 Å². The summed E-state index contributed by atoms with van der Waals surface area (Å²) in [5, 5.41) is 0. The molecule has 1 rings (SSSR count). The number of ether oxygens (including phenoxy) is 1. The fraction of sp³-hybridized carbons (Fsp3) is 0.364. The second-order valence-corrected chi connectivity index (χ2v) is 3.17. The van der Waals surface area contributed by atoms with Crippen molar-refractivity contribution in [2.75, 3.05) is 7.11 Å². The van der Waals surface area contributed by atoms with Crippen LogP contribution in [0.3, 0.4) is 0 Å². The summed E-state index contributed by atoms with van der Waals surface area (Å²) in [6.45, 7) is 1.83. The van der Waals surface area contributed by atoms with E-state index in [9.17, 15) is 9.18 Å². The van der Waals surface area contributed by atoms with E-state index < -0.39 is 0 Å². The minimum absolute atomic E-state index is 0.219. The number of halogens is 1. The molecule has 0 aromatic heterocycles. The maximum Gasteiger partial charge on any atom is 0.305 e. The summed E-state index contributed by atoms with van der Waals surface area (Å²) in [6, 6.07) is 5.00. The van der Waals surface area contributed by atoms with Crippen LogP contribution in [0.15, 0.2) is 18.2 Å². The molecular weight excluding hydrogens is 183 g/mol. The van der Waals surface area contributed by atoms with Gasteiger partial charge in [0, 0.05) is 6.42 Å². The van der Waals surface area contributed by atoms with Crippen molar-refractivity contribution < 1.29 is 13.9 Å². The Morgan fingerprint density at radius 1 is 1.50 bits per heavy atom. The van der Waals surface area contributed by atoms with E-state index in [0.717, 1.165) is 5.56 Å². The lowest BCUT2D eigenvalue weighted by Gasteiger charge is -2.03. The Kier molecular flexibility index (Phi) is 3.63. The minimum atomic E-state index is -0.315. The van der Waals surface area contributed by atoms with Gasteiger partial charge in [-0.25, -0.2) is 4.39 Å². The van der Waals surface area contributed by atoms with Crippen LogP contribution in [0.4, 0.5) is 4.39 Å². The summed E-state index contributed by atoms with van der Waals surface area (Å²) in [4.78, 5) is 10.8. The largest absolute Gasteiger partial charge is 0.469 e. The van der Waals surface area contributed by atoms with Crippen LogP contribution in [0.5, 0.6) is 0 Å². The lowest BCUT2D eigenvalue weighted by atomic mass is 10.1. The number of aryl methyl sites for hydroxylation is 2. The van der Waals surface area contributed by atoms with E-state index in [2.05, 4.69) is 4.74 Å². The van der Waals surface area contributed by atoms with Crippen LogP contribution < -0.4 is 0 Å². The molecule has 0 aliphatic rings. The lowest BCUT2D eigenvalue weighted by Crippen LogP contribution is -2.03. The number of carbonyl (C=O) groups is 1. The molecule has 1 aromatic carbocycles. The zero-order chi connectivity index (χ0) is 10.6. The van der Waals surface area contributed by atoms with E-state index in [1.807, 2.05) is 13.0 Å². The number of rotatable bonds is 3. The summed E-state index contributed by atoms with van der Waals surface area (Å²) >= 11 is 0. The van der Waals surface area contributed by atoms with Crippen molar-refractivity contribution in [1.29, 1.82) is 0 Å². The second kappa shape index (κ2) is 4.74. The molecule has 0 unspecified atom stereocenters. The summed E-state index contributed by atoms with van der Waals surface area (Å²) in [6.07, 6.45) is 0.606. The zero-order valence-corrected chi connectivity index (χ0v) is 8.34. The van der Waals surface area contributed by atoms with Crippen molar-refractivity contribution in [3.8, 4) is 0 Å². The predicted molar refractivity (Wildman–Crippen MR) is 51.5 cm³/mol. The first kappa shape index (κ1) is 10.7. The summed E-state index contributed by atoms with van der Waals surface area (Å²) in [7, 11) is 1.33. The van der Waals surface area contributed by atoms with E-state index in [0.29, 0.717) is 12.0 Å². The summed E-state index contributed by atoms with van der Waals surface area (Å²) < 4.78 is 17.7. The van der Waals surface area contributed by atoms with Gasteiger partial charge in [0.25, 0.3) is 0 Å². The highest BCUT2D eigenvalue weighted by atomic mass is 19.1. The van der Waals surface area contributed by atoms with Crippen molar-refractivity contribution in [1.82, 2.24) is 0 Å². The third kappa shape index (κ3) is 2.83. The molecule has 14 heavy (non-hydrogen) atoms. The molecule has 0 atom stereocenters. The fourth-order valence-electron chi connectivity index (χ4n) is 1.19. The number of hydrogen-bond acceptors (Lipinski definition) is 2. The molecule has 0 heterocycles. The minimum Gasteiger partial charge on any atom is -0.469 e. The van der Waals surface area contributed by atoms with E-state index in [4.69, 9.17) is 0 Å². The molecular formula is C11H13FO2. The normalized spacial score (nSPS) is 9.93. The molecule has 3 heteroatoms. The van der Waals surface area contributed by atoms with E-state index >= 15 is 0 Å². The second-order valence-electron chi connectivity index (χ2n) is 3.17. The Morgan fingerprint density at radius 3 is 2.79 bits per heavy atom. The van der Waals surface area contributed by atoms with Crippen LogP contribution in [0.2, 0.25) is 0 Å². The lowest BCUT2D eigenvalue weighted by molar-refractivity contribution is -0.140. The van der Waals surface area contributed by atoms with Gasteiger partial charge in [-0.15, -0.1) is 0 Å². The predicted octanol–water partition coefficient (Wildman–Crippen LogP) is 2.24. The molecule has 76 valence electrons. The Bertz CT molecular complexity index is 334. The highest BCUT2D eigenvalue weighted by Crippen LogP contribution is 2.11. The third-order valence-electron chi connectivity index (χ3n) is 2.03. The monoisotopic (exact) mass is 196 g/mol. The van der Waals surface area contributed by atoms with Crippen molar-refractivity contribution >= 4 is 5.97 Å². The highest BCUT2D eigenvalue weighted by Gasteiger charge is 2.05. The van der Waals surface area contributed by atoms with Gasteiger partial charge in [0.15, 0.2) is 0 Å². The fourth-order valence-corrected chi connectivity index (χ4v) is 1.19. The van der Waals surface area contributed by atoms with Crippen molar-refractivity contribution in [2.24, 2.45) is 0 Å². The number of benzene rings is 1. The molecule has 0 spiro atoms. The quantitative estimate of drug-likeness (QED) is 0.693. The Balaban J connectivity index is 2.63. The topological polar surface area (TPSA) is 26.3 Å². The van der Waals surface area contributed by atoms with Crippen LogP contribution in [0.1, 0.15) is 17.5 Å². The summed E-state index contributed by atoms with van der Waals surface area (Å²) in [5.74, 6) is -0.570. The molecule has 0 radical (unpaired) electrons.